The summed E-state index contributed by atoms with van der Waals surface area (Å²) < 4.78 is 0. The lowest BCUT2D eigenvalue weighted by Crippen LogP contribution is -2.49. The van der Waals surface area contributed by atoms with Gasteiger partial charge in [0.1, 0.15) is 11.7 Å². The second kappa shape index (κ2) is 4.62. The van der Waals surface area contributed by atoms with Crippen molar-refractivity contribution < 1.29 is 0 Å². The lowest BCUT2D eigenvalue weighted by molar-refractivity contribution is 0.109. The first-order valence-electron chi connectivity index (χ1n) is 6.48. The summed E-state index contributed by atoms with van der Waals surface area (Å²) >= 11 is 0. The predicted molar refractivity (Wildman–Crippen MR) is 70.4 cm³/mol. The molecule has 6 N–H and O–H groups in total. The van der Waals surface area contributed by atoms with Crippen LogP contribution in [0.3, 0.4) is 0 Å². The number of nitrogens with one attached hydrogen (secondary N) is 4. The van der Waals surface area contributed by atoms with Gasteiger partial charge >= 0.3 is 0 Å². The van der Waals surface area contributed by atoms with Crippen molar-refractivity contribution in [2.75, 3.05) is 26.2 Å². The Labute approximate surface area is 107 Å². The number of hydrogen-bond donors (Lipinski definition) is 5. The fourth-order valence-corrected chi connectivity index (χ4v) is 2.96. The average molecular weight is 248 g/mol. The maximum absolute atomic E-state index is 7.69. The first-order valence-corrected chi connectivity index (χ1v) is 6.48. The van der Waals surface area contributed by atoms with Gasteiger partial charge in [-0.25, -0.2) is 5.01 Å². The van der Waals surface area contributed by atoms with E-state index in [1.807, 2.05) is 6.08 Å². The highest BCUT2D eigenvalue weighted by Crippen LogP contribution is 2.25. The van der Waals surface area contributed by atoms with Crippen molar-refractivity contribution in [2.45, 2.75) is 6.42 Å². The van der Waals surface area contributed by atoms with E-state index in [0.29, 0.717) is 11.7 Å². The Hall–Kier alpha value is -1.53. The van der Waals surface area contributed by atoms with Crippen LogP contribution in [0.5, 0.6) is 0 Å². The number of hydrazine groups is 1. The second-order valence-corrected chi connectivity index (χ2v) is 5.20. The van der Waals surface area contributed by atoms with Crippen LogP contribution in [0, 0.1) is 17.2 Å². The minimum absolute atomic E-state index is 0.359. The van der Waals surface area contributed by atoms with Crippen molar-refractivity contribution in [3.63, 3.8) is 0 Å². The lowest BCUT2D eigenvalue weighted by Gasteiger charge is -2.35. The van der Waals surface area contributed by atoms with Crippen LogP contribution in [0.1, 0.15) is 6.42 Å². The van der Waals surface area contributed by atoms with Crippen LogP contribution >= 0.6 is 0 Å². The van der Waals surface area contributed by atoms with Gasteiger partial charge in [0.15, 0.2) is 0 Å². The zero-order valence-corrected chi connectivity index (χ0v) is 10.4. The monoisotopic (exact) mass is 248 g/mol. The van der Waals surface area contributed by atoms with Crippen LogP contribution < -0.4 is 21.8 Å². The molecule has 0 aromatic rings. The summed E-state index contributed by atoms with van der Waals surface area (Å²) in [5.74, 6) is 2.46. The molecule has 3 rings (SSSR count). The second-order valence-electron chi connectivity index (χ2n) is 5.20. The number of rotatable bonds is 2. The molecule has 0 aromatic carbocycles. The molecule has 0 bridgehead atoms. The molecule has 2 saturated heterocycles. The topological polar surface area (TPSA) is 89.2 Å². The van der Waals surface area contributed by atoms with Gasteiger partial charge in [-0.2, -0.15) is 0 Å². The smallest absolute Gasteiger partial charge is 0.133 e. The third kappa shape index (κ3) is 2.09. The third-order valence-corrected chi connectivity index (χ3v) is 4.02. The number of piperidine rings is 1. The van der Waals surface area contributed by atoms with Gasteiger partial charge in [0.2, 0.25) is 0 Å². The standard InChI is InChI=1S/C12H20N6/c13-11-10(1-3-16-11)12(14)17-18-4-2-8-5-15-6-9(8)7-18/h1,3,8-9,15,17H,2,4-7,14H2,(H2,13,16)/b12-10+. The Kier molecular flexibility index (Phi) is 2.97. The Bertz CT molecular complexity index is 413. The van der Waals surface area contributed by atoms with Crippen molar-refractivity contribution >= 4 is 5.84 Å². The number of fused-ring (bicyclic) bond motifs is 1. The van der Waals surface area contributed by atoms with Gasteiger partial charge in [-0.3, -0.25) is 5.41 Å². The fourth-order valence-electron chi connectivity index (χ4n) is 2.96. The van der Waals surface area contributed by atoms with Gasteiger partial charge < -0.3 is 21.8 Å². The van der Waals surface area contributed by atoms with Crippen molar-refractivity contribution in [1.29, 1.82) is 5.41 Å². The molecule has 0 saturated carbocycles. The zero-order chi connectivity index (χ0) is 12.5. The Morgan fingerprint density at radius 2 is 2.28 bits per heavy atom. The molecule has 6 heteroatoms. The molecule has 0 amide bonds. The van der Waals surface area contributed by atoms with Gasteiger partial charge in [-0.1, -0.05) is 0 Å². The highest BCUT2D eigenvalue weighted by atomic mass is 15.5. The molecule has 3 aliphatic rings. The van der Waals surface area contributed by atoms with Gasteiger partial charge in [0.25, 0.3) is 0 Å². The molecule has 3 aliphatic heterocycles. The van der Waals surface area contributed by atoms with Crippen LogP contribution in [0.15, 0.2) is 23.7 Å². The van der Waals surface area contributed by atoms with Gasteiger partial charge in [0.05, 0.1) is 5.57 Å². The maximum atomic E-state index is 7.69. The van der Waals surface area contributed by atoms with Crippen molar-refractivity contribution in [3.8, 4) is 0 Å². The zero-order valence-electron chi connectivity index (χ0n) is 10.4. The average Bonchev–Trinajstić information content (AvgIpc) is 2.96. The molecule has 0 spiro atoms. The summed E-state index contributed by atoms with van der Waals surface area (Å²) in [6.45, 7) is 4.31. The van der Waals surface area contributed by atoms with Crippen LogP contribution in [0.4, 0.5) is 0 Å². The molecule has 6 nitrogen and oxygen atoms in total. The summed E-state index contributed by atoms with van der Waals surface area (Å²) in [7, 11) is 0. The molecule has 0 radical (unpaired) electrons. The number of nitrogens with two attached hydrogens (primary N) is 1. The molecular weight excluding hydrogens is 228 g/mol. The van der Waals surface area contributed by atoms with E-state index in [9.17, 15) is 0 Å². The minimum Gasteiger partial charge on any atom is -0.384 e. The molecule has 0 aromatic heterocycles. The van der Waals surface area contributed by atoms with E-state index in [-0.39, 0.29) is 0 Å². The summed E-state index contributed by atoms with van der Waals surface area (Å²) in [6, 6.07) is 0. The number of hydrogen-bond acceptors (Lipinski definition) is 5. The molecule has 3 heterocycles. The van der Waals surface area contributed by atoms with E-state index in [1.165, 1.54) is 6.42 Å². The molecule has 18 heavy (non-hydrogen) atoms. The molecular formula is C12H20N6. The van der Waals surface area contributed by atoms with E-state index in [0.717, 1.165) is 43.6 Å². The van der Waals surface area contributed by atoms with Crippen molar-refractivity contribution in [3.05, 3.63) is 23.7 Å². The van der Waals surface area contributed by atoms with Crippen LogP contribution in [-0.2, 0) is 0 Å². The predicted octanol–water partition coefficient (Wildman–Crippen LogP) is -0.703. The summed E-state index contributed by atoms with van der Waals surface area (Å²) in [5.41, 5.74) is 9.99. The normalized spacial score (nSPS) is 34.3. The van der Waals surface area contributed by atoms with Gasteiger partial charge in [-0.15, -0.1) is 0 Å². The Morgan fingerprint density at radius 1 is 1.44 bits per heavy atom. The Morgan fingerprint density at radius 3 is 3.06 bits per heavy atom. The van der Waals surface area contributed by atoms with Crippen LogP contribution in [0.2, 0.25) is 0 Å². The summed E-state index contributed by atoms with van der Waals surface area (Å²) in [5, 5.41) is 16.1. The summed E-state index contributed by atoms with van der Waals surface area (Å²) in [4.78, 5) is 0. The quantitative estimate of drug-likeness (QED) is 0.446. The van der Waals surface area contributed by atoms with Gasteiger partial charge in [0, 0.05) is 19.3 Å². The molecule has 2 fully saturated rings. The highest BCUT2D eigenvalue weighted by Gasteiger charge is 2.33. The Balaban J connectivity index is 1.63. The number of nitrogens with zero attached hydrogens (tertiary/aromatic N) is 1. The molecule has 0 aliphatic carbocycles. The fraction of sp³-hybridized carbons (Fsp3) is 0.583. The van der Waals surface area contributed by atoms with E-state index in [1.54, 1.807) is 6.20 Å². The first-order chi connectivity index (χ1) is 8.74. The van der Waals surface area contributed by atoms with E-state index in [2.05, 4.69) is 21.1 Å². The van der Waals surface area contributed by atoms with Crippen molar-refractivity contribution in [2.24, 2.45) is 17.6 Å². The first kappa shape index (κ1) is 11.6. The molecule has 2 atom stereocenters. The van der Waals surface area contributed by atoms with E-state index >= 15 is 0 Å². The van der Waals surface area contributed by atoms with Crippen LogP contribution in [-0.4, -0.2) is 37.0 Å². The number of amidine groups is 1. The lowest BCUT2D eigenvalue weighted by atomic mass is 9.89. The minimum atomic E-state index is 0.359. The van der Waals surface area contributed by atoms with Crippen LogP contribution in [0.25, 0.3) is 0 Å². The highest BCUT2D eigenvalue weighted by molar-refractivity contribution is 6.02. The SMILES string of the molecule is N=C1NC=C/C1=C(/N)NN1CCC2CNCC2C1. The summed E-state index contributed by atoms with van der Waals surface area (Å²) in [6.07, 6.45) is 4.77. The van der Waals surface area contributed by atoms with E-state index < -0.39 is 0 Å². The third-order valence-electron chi connectivity index (χ3n) is 4.02. The van der Waals surface area contributed by atoms with E-state index in [4.69, 9.17) is 11.1 Å². The molecule has 2 unspecified atom stereocenters. The maximum Gasteiger partial charge on any atom is 0.133 e. The van der Waals surface area contributed by atoms with Gasteiger partial charge in [-0.05, 0) is 37.4 Å². The van der Waals surface area contributed by atoms with Crippen molar-refractivity contribution in [1.82, 2.24) is 21.1 Å². The largest absolute Gasteiger partial charge is 0.384 e. The molecule has 98 valence electrons.